The summed E-state index contributed by atoms with van der Waals surface area (Å²) in [5, 5.41) is 6.58. The fraction of sp³-hybridized carbons (Fsp3) is 0.611. The van der Waals surface area contributed by atoms with E-state index in [1.54, 1.807) is 13.2 Å². The summed E-state index contributed by atoms with van der Waals surface area (Å²) in [6.07, 6.45) is 5.19. The number of hydrogen-bond donors (Lipinski definition) is 2. The van der Waals surface area contributed by atoms with Crippen molar-refractivity contribution in [1.29, 1.82) is 0 Å². The molecule has 2 bridgehead atoms. The number of piperidine rings is 1. The number of fused-ring (bicyclic) bond motifs is 2. The van der Waals surface area contributed by atoms with Crippen molar-refractivity contribution in [3.05, 3.63) is 29.6 Å². The molecule has 2 fully saturated rings. The number of methoxy groups -OCH3 is 1. The lowest BCUT2D eigenvalue weighted by Gasteiger charge is -2.29. The zero-order chi connectivity index (χ0) is 16.4. The summed E-state index contributed by atoms with van der Waals surface area (Å²) in [5.74, 6) is 0.765. The molecule has 0 aliphatic carbocycles. The molecule has 1 amide bonds. The maximum atomic E-state index is 13.5. The van der Waals surface area contributed by atoms with Crippen molar-refractivity contribution in [2.75, 3.05) is 7.11 Å². The molecule has 0 saturated carbocycles. The zero-order valence-corrected chi connectivity index (χ0v) is 15.0. The average Bonchev–Trinajstić information content (AvgIpc) is 2.85. The number of halogens is 2. The largest absolute Gasteiger partial charge is 0.496 e. The average molecular weight is 357 g/mol. The van der Waals surface area contributed by atoms with E-state index in [9.17, 15) is 9.18 Å². The Morgan fingerprint density at radius 2 is 2.04 bits per heavy atom. The molecule has 2 saturated heterocycles. The van der Waals surface area contributed by atoms with Crippen molar-refractivity contribution in [1.82, 2.24) is 10.6 Å². The van der Waals surface area contributed by atoms with E-state index >= 15 is 0 Å². The smallest absolute Gasteiger partial charge is 0.220 e. The van der Waals surface area contributed by atoms with E-state index in [0.717, 1.165) is 12.8 Å². The van der Waals surface area contributed by atoms with Crippen LogP contribution in [0.5, 0.6) is 5.75 Å². The lowest BCUT2D eigenvalue weighted by molar-refractivity contribution is -0.122. The van der Waals surface area contributed by atoms with Gasteiger partial charge in [-0.2, -0.15) is 0 Å². The summed E-state index contributed by atoms with van der Waals surface area (Å²) in [6.45, 7) is 1.86. The molecule has 1 aromatic carbocycles. The number of benzene rings is 1. The van der Waals surface area contributed by atoms with Crippen molar-refractivity contribution in [3.63, 3.8) is 0 Å². The molecule has 2 heterocycles. The van der Waals surface area contributed by atoms with E-state index in [-0.39, 0.29) is 30.2 Å². The topological polar surface area (TPSA) is 50.4 Å². The van der Waals surface area contributed by atoms with Gasteiger partial charge in [0.25, 0.3) is 0 Å². The summed E-state index contributed by atoms with van der Waals surface area (Å²) in [6, 6.07) is 5.29. The summed E-state index contributed by atoms with van der Waals surface area (Å²) in [7, 11) is 1.55. The Morgan fingerprint density at radius 3 is 2.67 bits per heavy atom. The number of hydrogen-bond acceptors (Lipinski definition) is 3. The number of amides is 1. The van der Waals surface area contributed by atoms with E-state index in [1.165, 1.54) is 25.0 Å². The molecule has 0 radical (unpaired) electrons. The first kappa shape index (κ1) is 19.0. The van der Waals surface area contributed by atoms with Crippen LogP contribution >= 0.6 is 12.4 Å². The molecule has 3 unspecified atom stereocenters. The molecule has 134 valence electrons. The Labute approximate surface area is 148 Å². The predicted molar refractivity (Wildman–Crippen MR) is 94.0 cm³/mol. The van der Waals surface area contributed by atoms with Gasteiger partial charge < -0.3 is 15.4 Å². The molecule has 3 rings (SSSR count). The number of rotatable bonds is 5. The Bertz CT molecular complexity index is 572. The molecule has 2 aliphatic rings. The minimum Gasteiger partial charge on any atom is -0.496 e. The second kappa shape index (κ2) is 8.17. The molecule has 4 nitrogen and oxygen atoms in total. The normalized spacial score (nSPS) is 26.4. The van der Waals surface area contributed by atoms with Gasteiger partial charge in [-0.3, -0.25) is 4.79 Å². The SMILES string of the molecule is COc1ccc(F)cc1C(C)NC(=O)CC1CC2CCC(C1)N2.Cl. The van der Waals surface area contributed by atoms with Crippen LogP contribution in [0.15, 0.2) is 18.2 Å². The monoisotopic (exact) mass is 356 g/mol. The van der Waals surface area contributed by atoms with Crippen LogP contribution in [0, 0.1) is 11.7 Å². The minimum atomic E-state index is -0.322. The number of nitrogens with one attached hydrogen (secondary N) is 2. The molecule has 2 aliphatic heterocycles. The maximum Gasteiger partial charge on any atom is 0.220 e. The molecule has 3 atom stereocenters. The van der Waals surface area contributed by atoms with Crippen LogP contribution in [-0.2, 0) is 4.79 Å². The first-order valence-electron chi connectivity index (χ1n) is 8.44. The van der Waals surface area contributed by atoms with Crippen LogP contribution < -0.4 is 15.4 Å². The molecule has 2 N–H and O–H groups in total. The Morgan fingerprint density at radius 1 is 1.38 bits per heavy atom. The summed E-state index contributed by atoms with van der Waals surface area (Å²) < 4.78 is 18.7. The van der Waals surface area contributed by atoms with Gasteiger partial charge >= 0.3 is 0 Å². The van der Waals surface area contributed by atoms with E-state index in [2.05, 4.69) is 10.6 Å². The fourth-order valence-corrected chi connectivity index (χ4v) is 4.03. The molecule has 1 aromatic rings. The van der Waals surface area contributed by atoms with Crippen LogP contribution in [0.1, 0.15) is 50.6 Å². The molecule has 6 heteroatoms. The lowest BCUT2D eigenvalue weighted by atomic mass is 9.89. The Kier molecular flexibility index (Phi) is 6.47. The Hall–Kier alpha value is -1.33. The highest BCUT2D eigenvalue weighted by Gasteiger charge is 2.34. The van der Waals surface area contributed by atoms with E-state index < -0.39 is 0 Å². The summed E-state index contributed by atoms with van der Waals surface area (Å²) in [4.78, 5) is 12.3. The standard InChI is InChI=1S/C18H25FN2O2.ClH/c1-11(16-10-13(19)3-6-17(16)23-2)20-18(22)9-12-7-14-4-5-15(8-12)21-14;/h3,6,10-12,14-15,21H,4-5,7-9H2,1-2H3,(H,20,22);1H. The number of carbonyl (C=O) groups is 1. The van der Waals surface area contributed by atoms with Gasteiger partial charge in [-0.15, -0.1) is 12.4 Å². The predicted octanol–water partition coefficient (Wildman–Crippen LogP) is 3.35. The fourth-order valence-electron chi connectivity index (χ4n) is 4.03. The molecule has 0 aromatic heterocycles. The third kappa shape index (κ3) is 4.39. The third-order valence-electron chi connectivity index (χ3n) is 5.08. The van der Waals surface area contributed by atoms with Crippen molar-refractivity contribution in [2.45, 2.75) is 57.2 Å². The highest BCUT2D eigenvalue weighted by molar-refractivity contribution is 5.85. The molecule has 24 heavy (non-hydrogen) atoms. The van der Waals surface area contributed by atoms with Crippen LogP contribution in [0.3, 0.4) is 0 Å². The van der Waals surface area contributed by atoms with E-state index in [0.29, 0.717) is 35.7 Å². The second-order valence-electron chi connectivity index (χ2n) is 6.85. The van der Waals surface area contributed by atoms with Crippen LogP contribution in [0.4, 0.5) is 4.39 Å². The molecule has 0 spiro atoms. The van der Waals surface area contributed by atoms with Crippen LogP contribution in [0.25, 0.3) is 0 Å². The first-order chi connectivity index (χ1) is 11.0. The van der Waals surface area contributed by atoms with Gasteiger partial charge in [0.1, 0.15) is 11.6 Å². The second-order valence-corrected chi connectivity index (χ2v) is 6.85. The first-order valence-corrected chi connectivity index (χ1v) is 8.44. The van der Waals surface area contributed by atoms with Crippen molar-refractivity contribution in [3.8, 4) is 5.75 Å². The van der Waals surface area contributed by atoms with Crippen LogP contribution in [-0.4, -0.2) is 25.1 Å². The minimum absolute atomic E-state index is 0. The number of ether oxygens (including phenoxy) is 1. The van der Waals surface area contributed by atoms with Crippen LogP contribution in [0.2, 0.25) is 0 Å². The van der Waals surface area contributed by atoms with Gasteiger partial charge in [-0.25, -0.2) is 4.39 Å². The quantitative estimate of drug-likeness (QED) is 0.850. The zero-order valence-electron chi connectivity index (χ0n) is 14.2. The van der Waals surface area contributed by atoms with Gasteiger partial charge in [0.05, 0.1) is 13.2 Å². The van der Waals surface area contributed by atoms with Gasteiger partial charge in [-0.05, 0) is 56.7 Å². The highest BCUT2D eigenvalue weighted by atomic mass is 35.5. The maximum absolute atomic E-state index is 13.5. The highest BCUT2D eigenvalue weighted by Crippen LogP contribution is 2.33. The lowest BCUT2D eigenvalue weighted by Crippen LogP contribution is -2.40. The van der Waals surface area contributed by atoms with Crippen molar-refractivity contribution >= 4 is 18.3 Å². The number of carbonyl (C=O) groups excluding carboxylic acids is 1. The van der Waals surface area contributed by atoms with E-state index in [4.69, 9.17) is 4.74 Å². The van der Waals surface area contributed by atoms with Gasteiger partial charge in [0.15, 0.2) is 0 Å². The van der Waals surface area contributed by atoms with Gasteiger partial charge in [0.2, 0.25) is 5.91 Å². The van der Waals surface area contributed by atoms with Crippen molar-refractivity contribution < 1.29 is 13.9 Å². The van der Waals surface area contributed by atoms with Gasteiger partial charge in [0, 0.05) is 24.1 Å². The van der Waals surface area contributed by atoms with Gasteiger partial charge in [-0.1, -0.05) is 0 Å². The third-order valence-corrected chi connectivity index (χ3v) is 5.08. The molecular weight excluding hydrogens is 331 g/mol. The summed E-state index contributed by atoms with van der Waals surface area (Å²) >= 11 is 0. The van der Waals surface area contributed by atoms with E-state index in [1.807, 2.05) is 6.92 Å². The Balaban J connectivity index is 0.00000208. The van der Waals surface area contributed by atoms with Crippen molar-refractivity contribution in [2.24, 2.45) is 5.92 Å². The molecular formula is C18H26ClFN2O2. The summed E-state index contributed by atoms with van der Waals surface area (Å²) in [5.41, 5.74) is 0.672.